The van der Waals surface area contributed by atoms with Crippen molar-refractivity contribution in [3.63, 3.8) is 0 Å². The Balaban J connectivity index is 1.18. The van der Waals surface area contributed by atoms with Crippen LogP contribution < -0.4 is 0 Å². The van der Waals surface area contributed by atoms with Crippen LogP contribution in [0.4, 0.5) is 0 Å². The van der Waals surface area contributed by atoms with Gasteiger partial charge >= 0.3 is 0 Å². The van der Waals surface area contributed by atoms with E-state index in [1.165, 1.54) is 34.9 Å². The third-order valence-electron chi connectivity index (χ3n) is 5.98. The molecular formula is C24H25N3O. The number of aromatic amines is 1. The quantitative estimate of drug-likeness (QED) is 0.521. The molecule has 1 aliphatic rings. The van der Waals surface area contributed by atoms with E-state index in [0.717, 1.165) is 37.5 Å². The van der Waals surface area contributed by atoms with E-state index in [-0.39, 0.29) is 0 Å². The molecule has 0 aliphatic carbocycles. The predicted octanol–water partition coefficient (Wildman–Crippen LogP) is 5.25. The van der Waals surface area contributed by atoms with Crippen LogP contribution in [0.3, 0.4) is 0 Å². The second-order valence-electron chi connectivity index (χ2n) is 7.69. The third-order valence-corrected chi connectivity index (χ3v) is 5.98. The van der Waals surface area contributed by atoms with Gasteiger partial charge in [0.1, 0.15) is 5.69 Å². The van der Waals surface area contributed by atoms with E-state index in [4.69, 9.17) is 4.42 Å². The van der Waals surface area contributed by atoms with E-state index < -0.39 is 0 Å². The molecule has 4 aromatic rings. The molecule has 2 aromatic carbocycles. The molecule has 4 heteroatoms. The number of rotatable bonds is 5. The first-order chi connectivity index (χ1) is 13.9. The first-order valence-corrected chi connectivity index (χ1v) is 10.1. The SMILES string of the molecule is c1coc(-c2cc(C3CCN(CCc4cccc5ccccc45)CC3)[nH]n2)c1. The Morgan fingerprint density at radius 1 is 1.00 bits per heavy atom. The van der Waals surface area contributed by atoms with Crippen molar-refractivity contribution in [3.8, 4) is 11.5 Å². The molecule has 142 valence electrons. The van der Waals surface area contributed by atoms with Gasteiger partial charge in [0, 0.05) is 18.2 Å². The zero-order valence-electron chi connectivity index (χ0n) is 16.0. The van der Waals surface area contributed by atoms with Gasteiger partial charge < -0.3 is 9.32 Å². The normalized spacial score (nSPS) is 16.0. The molecule has 0 saturated carbocycles. The highest BCUT2D eigenvalue weighted by Crippen LogP contribution is 2.29. The summed E-state index contributed by atoms with van der Waals surface area (Å²) < 4.78 is 5.45. The largest absolute Gasteiger partial charge is 0.463 e. The van der Waals surface area contributed by atoms with Gasteiger partial charge in [0.05, 0.1) is 6.26 Å². The van der Waals surface area contributed by atoms with Gasteiger partial charge in [-0.2, -0.15) is 5.10 Å². The molecule has 0 amide bonds. The van der Waals surface area contributed by atoms with Crippen LogP contribution in [0.2, 0.25) is 0 Å². The summed E-state index contributed by atoms with van der Waals surface area (Å²) in [6, 6.07) is 21.4. The maximum absolute atomic E-state index is 5.45. The van der Waals surface area contributed by atoms with E-state index in [0.29, 0.717) is 5.92 Å². The molecule has 0 radical (unpaired) electrons. The number of benzene rings is 2. The first-order valence-electron chi connectivity index (χ1n) is 10.1. The molecule has 0 spiro atoms. The molecule has 1 saturated heterocycles. The second-order valence-corrected chi connectivity index (χ2v) is 7.69. The topological polar surface area (TPSA) is 45.1 Å². The first kappa shape index (κ1) is 17.3. The summed E-state index contributed by atoms with van der Waals surface area (Å²) in [5.41, 5.74) is 3.59. The zero-order valence-corrected chi connectivity index (χ0v) is 16.0. The number of likely N-dealkylation sites (tertiary alicyclic amines) is 1. The number of fused-ring (bicyclic) bond motifs is 1. The zero-order chi connectivity index (χ0) is 18.8. The number of nitrogens with zero attached hydrogens (tertiary/aromatic N) is 2. The molecule has 1 N–H and O–H groups in total. The third kappa shape index (κ3) is 3.48. The minimum atomic E-state index is 0.560. The molecule has 0 atom stereocenters. The molecule has 1 fully saturated rings. The van der Waals surface area contributed by atoms with E-state index in [1.54, 1.807) is 6.26 Å². The lowest BCUT2D eigenvalue weighted by molar-refractivity contribution is 0.213. The summed E-state index contributed by atoms with van der Waals surface area (Å²) >= 11 is 0. The summed E-state index contributed by atoms with van der Waals surface area (Å²) in [6.45, 7) is 3.41. The van der Waals surface area contributed by atoms with Gasteiger partial charge in [0.2, 0.25) is 0 Å². The number of aromatic nitrogens is 2. The fraction of sp³-hybridized carbons (Fsp3) is 0.292. The summed E-state index contributed by atoms with van der Waals surface area (Å²) in [5.74, 6) is 1.39. The average Bonchev–Trinajstić information content (AvgIpc) is 3.44. The van der Waals surface area contributed by atoms with Crippen LogP contribution in [-0.4, -0.2) is 34.7 Å². The lowest BCUT2D eigenvalue weighted by Gasteiger charge is -2.31. The highest BCUT2D eigenvalue weighted by Gasteiger charge is 2.22. The number of H-pyrrole nitrogens is 1. The number of piperidine rings is 1. The van der Waals surface area contributed by atoms with Crippen LogP contribution in [0.25, 0.3) is 22.2 Å². The minimum absolute atomic E-state index is 0.560. The number of hydrogen-bond donors (Lipinski definition) is 1. The van der Waals surface area contributed by atoms with Crippen LogP contribution in [0.5, 0.6) is 0 Å². The van der Waals surface area contributed by atoms with Crippen LogP contribution in [0.15, 0.2) is 71.3 Å². The molecule has 5 rings (SSSR count). The van der Waals surface area contributed by atoms with Gasteiger partial charge in [-0.3, -0.25) is 5.10 Å². The molecule has 3 heterocycles. The monoisotopic (exact) mass is 371 g/mol. The Morgan fingerprint density at radius 3 is 2.71 bits per heavy atom. The predicted molar refractivity (Wildman–Crippen MR) is 112 cm³/mol. The Kier molecular flexibility index (Phi) is 4.71. The average molecular weight is 371 g/mol. The van der Waals surface area contributed by atoms with Crippen LogP contribution >= 0.6 is 0 Å². The Bertz CT molecular complexity index is 1040. The summed E-state index contributed by atoms with van der Waals surface area (Å²) in [7, 11) is 0. The number of furan rings is 1. The molecule has 0 bridgehead atoms. The van der Waals surface area contributed by atoms with Gasteiger partial charge in [-0.1, -0.05) is 42.5 Å². The van der Waals surface area contributed by atoms with Crippen molar-refractivity contribution in [2.75, 3.05) is 19.6 Å². The Hall–Kier alpha value is -2.85. The van der Waals surface area contributed by atoms with E-state index in [2.05, 4.69) is 63.6 Å². The molecule has 28 heavy (non-hydrogen) atoms. The summed E-state index contributed by atoms with van der Waals surface area (Å²) in [4.78, 5) is 2.60. The molecule has 0 unspecified atom stereocenters. The van der Waals surface area contributed by atoms with Gasteiger partial charge in [0.15, 0.2) is 5.76 Å². The molecule has 4 nitrogen and oxygen atoms in total. The van der Waals surface area contributed by atoms with Gasteiger partial charge in [-0.05, 0) is 66.9 Å². The molecular weight excluding hydrogens is 346 g/mol. The minimum Gasteiger partial charge on any atom is -0.463 e. The van der Waals surface area contributed by atoms with Crippen LogP contribution in [0.1, 0.15) is 30.0 Å². The van der Waals surface area contributed by atoms with Crippen molar-refractivity contribution in [2.24, 2.45) is 0 Å². The van der Waals surface area contributed by atoms with E-state index in [9.17, 15) is 0 Å². The van der Waals surface area contributed by atoms with Crippen molar-refractivity contribution in [1.82, 2.24) is 15.1 Å². The van der Waals surface area contributed by atoms with Crippen molar-refractivity contribution in [3.05, 3.63) is 78.2 Å². The smallest absolute Gasteiger partial charge is 0.154 e. The molecule has 2 aromatic heterocycles. The Labute approximate surface area is 165 Å². The number of nitrogens with one attached hydrogen (secondary N) is 1. The summed E-state index contributed by atoms with van der Waals surface area (Å²) in [6.07, 6.45) is 5.15. The standard InChI is InChI=1S/C24H25N3O/c1-2-8-21-18(5-1)6-3-7-19(21)10-13-27-14-11-20(12-15-27)22-17-23(26-25-22)24-9-4-16-28-24/h1-9,16-17,20H,10-15H2,(H,25,26). The van der Waals surface area contributed by atoms with Crippen molar-refractivity contribution < 1.29 is 4.42 Å². The van der Waals surface area contributed by atoms with Crippen LogP contribution in [-0.2, 0) is 6.42 Å². The van der Waals surface area contributed by atoms with E-state index >= 15 is 0 Å². The lowest BCUT2D eigenvalue weighted by Crippen LogP contribution is -2.34. The maximum Gasteiger partial charge on any atom is 0.154 e. The van der Waals surface area contributed by atoms with Gasteiger partial charge in [0.25, 0.3) is 0 Å². The fourth-order valence-corrected chi connectivity index (χ4v) is 4.35. The second kappa shape index (κ2) is 7.64. The van der Waals surface area contributed by atoms with Crippen molar-refractivity contribution in [1.29, 1.82) is 0 Å². The van der Waals surface area contributed by atoms with Gasteiger partial charge in [-0.15, -0.1) is 0 Å². The molecule has 1 aliphatic heterocycles. The number of hydrogen-bond acceptors (Lipinski definition) is 3. The van der Waals surface area contributed by atoms with Crippen molar-refractivity contribution in [2.45, 2.75) is 25.2 Å². The lowest BCUT2D eigenvalue weighted by atomic mass is 9.93. The van der Waals surface area contributed by atoms with Crippen molar-refractivity contribution >= 4 is 10.8 Å². The highest BCUT2D eigenvalue weighted by molar-refractivity contribution is 5.85. The fourth-order valence-electron chi connectivity index (χ4n) is 4.35. The van der Waals surface area contributed by atoms with E-state index in [1.807, 2.05) is 12.1 Å². The van der Waals surface area contributed by atoms with Crippen LogP contribution in [0, 0.1) is 0 Å². The summed E-state index contributed by atoms with van der Waals surface area (Å²) in [5, 5.41) is 10.4. The Morgan fingerprint density at radius 2 is 1.86 bits per heavy atom. The highest BCUT2D eigenvalue weighted by atomic mass is 16.3. The maximum atomic E-state index is 5.45. The van der Waals surface area contributed by atoms with Gasteiger partial charge in [-0.25, -0.2) is 0 Å².